The summed E-state index contributed by atoms with van der Waals surface area (Å²) >= 11 is 12.3. The molecule has 1 aromatic heterocycles. The van der Waals surface area contributed by atoms with Gasteiger partial charge in [-0.25, -0.2) is 8.42 Å². The van der Waals surface area contributed by atoms with Crippen LogP contribution in [0.25, 0.3) is 11.6 Å². The van der Waals surface area contributed by atoms with Crippen molar-refractivity contribution in [2.45, 2.75) is 50.4 Å². The number of hydrogen-bond donors (Lipinski definition) is 3. The van der Waals surface area contributed by atoms with Crippen molar-refractivity contribution in [3.05, 3.63) is 80.1 Å². The molecule has 3 N–H and O–H groups in total. The number of hydrogen-bond acceptors (Lipinski definition) is 5. The van der Waals surface area contributed by atoms with Crippen LogP contribution in [-0.2, 0) is 20.4 Å². The quantitative estimate of drug-likeness (QED) is 0.347. The van der Waals surface area contributed by atoms with Gasteiger partial charge in [0, 0.05) is 57.9 Å². The molecule has 40 heavy (non-hydrogen) atoms. The molecule has 2 aromatic carbocycles. The highest BCUT2D eigenvalue weighted by Gasteiger charge is 2.31. The van der Waals surface area contributed by atoms with Crippen LogP contribution in [0, 0.1) is 13.8 Å². The van der Waals surface area contributed by atoms with E-state index in [2.05, 4.69) is 29.5 Å². The van der Waals surface area contributed by atoms with E-state index < -0.39 is 9.84 Å². The third kappa shape index (κ3) is 5.43. The van der Waals surface area contributed by atoms with E-state index >= 15 is 0 Å². The second-order valence-electron chi connectivity index (χ2n) is 10.6. The summed E-state index contributed by atoms with van der Waals surface area (Å²) in [6, 6.07) is 9.60. The van der Waals surface area contributed by atoms with Gasteiger partial charge in [0.2, 0.25) is 0 Å². The van der Waals surface area contributed by atoms with Gasteiger partial charge in [0.25, 0.3) is 11.8 Å². The van der Waals surface area contributed by atoms with Gasteiger partial charge in [-0.3, -0.25) is 9.59 Å². The fourth-order valence-corrected chi connectivity index (χ4v) is 7.33. The van der Waals surface area contributed by atoms with Crippen LogP contribution < -0.4 is 10.6 Å². The molecule has 2 atom stereocenters. The zero-order valence-corrected chi connectivity index (χ0v) is 24.9. The fourth-order valence-electron chi connectivity index (χ4n) is 5.48. The largest absolute Gasteiger partial charge is 0.358 e. The van der Waals surface area contributed by atoms with E-state index in [0.29, 0.717) is 62.5 Å². The average Bonchev–Trinajstić information content (AvgIpc) is 3.34. The van der Waals surface area contributed by atoms with Crippen molar-refractivity contribution < 1.29 is 18.0 Å². The number of fused-ring (bicyclic) bond motifs is 1. The van der Waals surface area contributed by atoms with E-state index in [1.807, 2.05) is 18.7 Å². The van der Waals surface area contributed by atoms with E-state index in [-0.39, 0.29) is 34.5 Å². The molecule has 1 saturated heterocycles. The summed E-state index contributed by atoms with van der Waals surface area (Å²) in [6.45, 7) is 9.01. The molecule has 0 bridgehead atoms. The number of halogens is 2. The van der Waals surface area contributed by atoms with Crippen molar-refractivity contribution >= 4 is 62.2 Å². The highest BCUT2D eigenvalue weighted by Crippen LogP contribution is 2.37. The molecule has 11 heteroatoms. The number of amides is 2. The minimum Gasteiger partial charge on any atom is -0.358 e. The second-order valence-corrected chi connectivity index (χ2v) is 13.4. The molecule has 0 unspecified atom stereocenters. The second kappa shape index (κ2) is 10.7. The maximum atomic E-state index is 13.5. The number of aromatic amines is 1. The molecule has 0 saturated carbocycles. The Hall–Kier alpha value is -3.11. The van der Waals surface area contributed by atoms with E-state index in [4.69, 9.17) is 23.2 Å². The van der Waals surface area contributed by atoms with Gasteiger partial charge in [-0.1, -0.05) is 23.2 Å². The van der Waals surface area contributed by atoms with Gasteiger partial charge >= 0.3 is 0 Å². The average molecular weight is 602 g/mol. The zero-order valence-electron chi connectivity index (χ0n) is 22.6. The molecule has 8 nitrogen and oxygen atoms in total. The monoisotopic (exact) mass is 600 g/mol. The highest BCUT2D eigenvalue weighted by molar-refractivity contribution is 7.90. The van der Waals surface area contributed by atoms with E-state index in [1.165, 1.54) is 18.2 Å². The van der Waals surface area contributed by atoms with E-state index in [0.717, 1.165) is 5.56 Å². The Morgan fingerprint density at radius 1 is 1.07 bits per heavy atom. The summed E-state index contributed by atoms with van der Waals surface area (Å²) < 4.78 is 26.6. The minimum absolute atomic E-state index is 0.0552. The molecular formula is C29H30Cl2N4O4S. The smallest absolute Gasteiger partial charge is 0.256 e. The molecule has 2 aliphatic heterocycles. The van der Waals surface area contributed by atoms with Gasteiger partial charge in [-0.05, 0) is 81.3 Å². The third-order valence-electron chi connectivity index (χ3n) is 7.31. The van der Waals surface area contributed by atoms with Gasteiger partial charge in [0.05, 0.1) is 21.8 Å². The number of H-pyrrole nitrogens is 1. The fraction of sp³-hybridized carbons (Fsp3) is 0.310. The number of aromatic nitrogens is 1. The molecule has 0 radical (unpaired) electrons. The number of piperazine rings is 1. The Kier molecular flexibility index (Phi) is 7.60. The van der Waals surface area contributed by atoms with Crippen LogP contribution >= 0.6 is 23.2 Å². The predicted molar refractivity (Wildman–Crippen MR) is 159 cm³/mol. The Balaban J connectivity index is 1.48. The molecule has 210 valence electrons. The third-order valence-corrected chi connectivity index (χ3v) is 9.58. The van der Waals surface area contributed by atoms with Crippen LogP contribution in [0.2, 0.25) is 10.0 Å². The number of nitrogens with zero attached hydrogens (tertiary/aromatic N) is 1. The van der Waals surface area contributed by atoms with Crippen LogP contribution in [0.4, 0.5) is 5.69 Å². The molecule has 2 amide bonds. The number of aryl methyl sites for hydroxylation is 1. The van der Waals surface area contributed by atoms with Crippen LogP contribution in [0.15, 0.2) is 41.3 Å². The lowest BCUT2D eigenvalue weighted by atomic mass is 10.0. The van der Waals surface area contributed by atoms with Crippen LogP contribution in [-0.4, -0.2) is 55.3 Å². The van der Waals surface area contributed by atoms with Crippen LogP contribution in [0.1, 0.15) is 52.3 Å². The molecular weight excluding hydrogens is 571 g/mol. The number of carbonyl (C=O) groups excluding carboxylic acids is 2. The van der Waals surface area contributed by atoms with E-state index in [1.54, 1.807) is 24.3 Å². The minimum atomic E-state index is -3.80. The normalized spacial score (nSPS) is 20.1. The molecule has 0 aliphatic carbocycles. The van der Waals surface area contributed by atoms with Crippen molar-refractivity contribution in [3.8, 4) is 0 Å². The van der Waals surface area contributed by atoms with Crippen molar-refractivity contribution in [1.29, 1.82) is 0 Å². The first kappa shape index (κ1) is 28.4. The van der Waals surface area contributed by atoms with E-state index in [9.17, 15) is 18.0 Å². The zero-order chi connectivity index (χ0) is 28.9. The Morgan fingerprint density at radius 3 is 2.48 bits per heavy atom. The first-order valence-electron chi connectivity index (χ1n) is 12.9. The summed E-state index contributed by atoms with van der Waals surface area (Å²) in [4.78, 5) is 31.6. The first-order valence-corrected chi connectivity index (χ1v) is 15.3. The van der Waals surface area contributed by atoms with Gasteiger partial charge in [0.1, 0.15) is 0 Å². The Bertz CT molecular complexity index is 1670. The molecule has 0 spiro atoms. The maximum Gasteiger partial charge on any atom is 0.256 e. The molecule has 5 rings (SSSR count). The number of anilines is 1. The van der Waals surface area contributed by atoms with Crippen molar-refractivity contribution in [3.63, 3.8) is 0 Å². The molecule has 3 aromatic rings. The summed E-state index contributed by atoms with van der Waals surface area (Å²) in [6.07, 6.45) is 1.67. The van der Waals surface area contributed by atoms with Crippen LogP contribution in [0.3, 0.4) is 0 Å². The Morgan fingerprint density at radius 2 is 1.77 bits per heavy atom. The predicted octanol–water partition coefficient (Wildman–Crippen LogP) is 5.23. The summed E-state index contributed by atoms with van der Waals surface area (Å²) in [5, 5.41) is 6.93. The number of rotatable bonds is 5. The molecule has 3 heterocycles. The lowest BCUT2D eigenvalue weighted by Crippen LogP contribution is -2.55. The molecule has 2 aliphatic rings. The van der Waals surface area contributed by atoms with Crippen molar-refractivity contribution in [1.82, 2.24) is 15.2 Å². The highest BCUT2D eigenvalue weighted by atomic mass is 35.5. The van der Waals surface area contributed by atoms with Crippen LogP contribution in [0.5, 0.6) is 0 Å². The SMILES string of the molecule is Cc1[nH]c(/C=C2\C(=O)Nc3ccc(S(=O)(=O)Cc4cc(Cl)ccc4Cl)cc32)c(C)c1C(=O)N1C[C@@H](C)N[C@@H](C)C1. The van der Waals surface area contributed by atoms with Gasteiger partial charge in [-0.2, -0.15) is 0 Å². The maximum absolute atomic E-state index is 13.5. The lowest BCUT2D eigenvalue weighted by Gasteiger charge is -2.36. The summed E-state index contributed by atoms with van der Waals surface area (Å²) in [7, 11) is -3.80. The number of sulfone groups is 1. The van der Waals surface area contributed by atoms with Gasteiger partial charge < -0.3 is 20.5 Å². The van der Waals surface area contributed by atoms with Gasteiger partial charge in [0.15, 0.2) is 9.84 Å². The molecule has 1 fully saturated rings. The Labute approximate surface area is 243 Å². The summed E-state index contributed by atoms with van der Waals surface area (Å²) in [5.41, 5.74) is 4.32. The topological polar surface area (TPSA) is 111 Å². The lowest BCUT2D eigenvalue weighted by molar-refractivity contribution is -0.110. The van der Waals surface area contributed by atoms with Gasteiger partial charge in [-0.15, -0.1) is 0 Å². The summed E-state index contributed by atoms with van der Waals surface area (Å²) in [5.74, 6) is -0.748. The number of nitrogens with one attached hydrogen (secondary N) is 3. The van der Waals surface area contributed by atoms with Crippen molar-refractivity contribution in [2.24, 2.45) is 0 Å². The first-order chi connectivity index (χ1) is 18.8. The standard InChI is InChI=1S/C29H30Cl2N4O4S/c1-15-12-35(13-16(2)32-15)29(37)27-17(3)26(33-18(27)4)11-23-22-10-21(6-8-25(22)34-28(23)36)40(38,39)14-19-9-20(30)5-7-24(19)31/h5-11,15-16,32-33H,12-14H2,1-4H3,(H,34,36)/b23-11-/t15-,16+. The number of carbonyl (C=O) groups is 2. The number of benzene rings is 2. The van der Waals surface area contributed by atoms with Crippen molar-refractivity contribution in [2.75, 3.05) is 18.4 Å².